The number of aliphatic hydroxyl groups excluding tert-OH is 1. The van der Waals surface area contributed by atoms with Gasteiger partial charge in [0.15, 0.2) is 0 Å². The van der Waals surface area contributed by atoms with Crippen LogP contribution < -0.4 is 5.73 Å². The molecule has 1 fully saturated rings. The Balaban J connectivity index is 2.27. The van der Waals surface area contributed by atoms with E-state index in [-0.39, 0.29) is 23.4 Å². The average molecular weight is 251 g/mol. The van der Waals surface area contributed by atoms with E-state index in [0.717, 1.165) is 37.7 Å². The molecule has 1 aliphatic carbocycles. The summed E-state index contributed by atoms with van der Waals surface area (Å²) in [7, 11) is 0. The second-order valence-corrected chi connectivity index (χ2v) is 5.70. The van der Waals surface area contributed by atoms with Crippen molar-refractivity contribution in [3.05, 3.63) is 35.6 Å². The molecule has 0 aliphatic heterocycles. The number of rotatable bonds is 3. The fourth-order valence-electron chi connectivity index (χ4n) is 3.19. The summed E-state index contributed by atoms with van der Waals surface area (Å²) in [6, 6.07) is 6.89. The van der Waals surface area contributed by atoms with Crippen LogP contribution in [-0.2, 0) is 5.41 Å². The predicted octanol–water partition coefficient (Wildman–Crippen LogP) is 2.74. The van der Waals surface area contributed by atoms with Crippen LogP contribution >= 0.6 is 0 Å². The topological polar surface area (TPSA) is 46.2 Å². The fourth-order valence-corrected chi connectivity index (χ4v) is 3.19. The molecule has 1 aliphatic rings. The lowest BCUT2D eigenvalue weighted by atomic mass is 9.65. The molecule has 1 aromatic carbocycles. The molecule has 0 spiro atoms. The number of hydrogen-bond acceptors (Lipinski definition) is 2. The molecule has 0 amide bonds. The van der Waals surface area contributed by atoms with Gasteiger partial charge in [-0.15, -0.1) is 0 Å². The Kier molecular flexibility index (Phi) is 4.03. The second-order valence-electron chi connectivity index (χ2n) is 5.70. The van der Waals surface area contributed by atoms with Crippen LogP contribution in [0.4, 0.5) is 4.39 Å². The molecular formula is C15H22FNO. The summed E-state index contributed by atoms with van der Waals surface area (Å²) in [4.78, 5) is 0. The minimum absolute atomic E-state index is 0.0150. The minimum atomic E-state index is -0.203. The Hall–Kier alpha value is -0.930. The van der Waals surface area contributed by atoms with Crippen LogP contribution in [0, 0.1) is 5.82 Å². The van der Waals surface area contributed by atoms with Crippen LogP contribution in [-0.4, -0.2) is 17.3 Å². The summed E-state index contributed by atoms with van der Waals surface area (Å²) in [6.45, 7) is 2.01. The van der Waals surface area contributed by atoms with Gasteiger partial charge in [-0.1, -0.05) is 12.1 Å². The fraction of sp³-hybridized carbons (Fsp3) is 0.600. The van der Waals surface area contributed by atoms with E-state index in [9.17, 15) is 9.50 Å². The van der Waals surface area contributed by atoms with Crippen molar-refractivity contribution in [2.75, 3.05) is 0 Å². The standard InChI is InChI=1S/C15H22FNO/c1-11(17)10-15(8-6-14(18)7-9-15)12-2-4-13(16)5-3-12/h2-5,11,14,18H,6-10,17H2,1H3/t11?,14-,15+. The van der Waals surface area contributed by atoms with Gasteiger partial charge in [0.25, 0.3) is 0 Å². The van der Waals surface area contributed by atoms with E-state index in [1.165, 1.54) is 12.1 Å². The molecule has 0 aromatic heterocycles. The first kappa shape index (κ1) is 13.5. The van der Waals surface area contributed by atoms with E-state index >= 15 is 0 Å². The minimum Gasteiger partial charge on any atom is -0.393 e. The lowest BCUT2D eigenvalue weighted by Crippen LogP contribution is -2.38. The number of nitrogens with two attached hydrogens (primary N) is 1. The Morgan fingerprint density at radius 2 is 1.89 bits per heavy atom. The normalized spacial score (nSPS) is 30.1. The van der Waals surface area contributed by atoms with Crippen LogP contribution in [0.5, 0.6) is 0 Å². The highest BCUT2D eigenvalue weighted by atomic mass is 19.1. The maximum absolute atomic E-state index is 13.0. The van der Waals surface area contributed by atoms with E-state index in [1.54, 1.807) is 0 Å². The number of halogens is 1. The summed E-state index contributed by atoms with van der Waals surface area (Å²) in [6.07, 6.45) is 4.19. The first-order chi connectivity index (χ1) is 8.52. The molecule has 1 aromatic rings. The van der Waals surface area contributed by atoms with Gasteiger partial charge >= 0.3 is 0 Å². The third-order valence-electron chi connectivity index (χ3n) is 4.08. The Morgan fingerprint density at radius 1 is 1.33 bits per heavy atom. The zero-order valence-corrected chi connectivity index (χ0v) is 10.9. The smallest absolute Gasteiger partial charge is 0.123 e. The molecule has 2 rings (SSSR count). The van der Waals surface area contributed by atoms with Crippen LogP contribution in [0.1, 0.15) is 44.6 Å². The molecule has 0 radical (unpaired) electrons. The van der Waals surface area contributed by atoms with Gasteiger partial charge in [-0.05, 0) is 62.1 Å². The Morgan fingerprint density at radius 3 is 2.39 bits per heavy atom. The lowest BCUT2D eigenvalue weighted by molar-refractivity contribution is 0.0899. The summed E-state index contributed by atoms with van der Waals surface area (Å²) in [5.41, 5.74) is 7.15. The van der Waals surface area contributed by atoms with Crippen molar-refractivity contribution >= 4 is 0 Å². The van der Waals surface area contributed by atoms with Gasteiger partial charge in [0.1, 0.15) is 5.82 Å². The highest BCUT2D eigenvalue weighted by Gasteiger charge is 2.36. The highest BCUT2D eigenvalue weighted by Crippen LogP contribution is 2.42. The van der Waals surface area contributed by atoms with E-state index in [1.807, 2.05) is 19.1 Å². The van der Waals surface area contributed by atoms with Crippen molar-refractivity contribution < 1.29 is 9.50 Å². The van der Waals surface area contributed by atoms with Gasteiger partial charge in [-0.2, -0.15) is 0 Å². The van der Waals surface area contributed by atoms with Gasteiger partial charge in [-0.25, -0.2) is 4.39 Å². The van der Waals surface area contributed by atoms with Crippen molar-refractivity contribution in [3.63, 3.8) is 0 Å². The molecular weight excluding hydrogens is 229 g/mol. The highest BCUT2D eigenvalue weighted by molar-refractivity contribution is 5.27. The van der Waals surface area contributed by atoms with Gasteiger partial charge in [-0.3, -0.25) is 0 Å². The van der Waals surface area contributed by atoms with Crippen LogP contribution in [0.3, 0.4) is 0 Å². The Bertz CT molecular complexity index is 380. The molecule has 0 bridgehead atoms. The Labute approximate surface area is 108 Å². The van der Waals surface area contributed by atoms with Crippen molar-refractivity contribution in [1.82, 2.24) is 0 Å². The summed E-state index contributed by atoms with van der Waals surface area (Å²) < 4.78 is 13.0. The molecule has 0 saturated heterocycles. The zero-order valence-electron chi connectivity index (χ0n) is 10.9. The number of benzene rings is 1. The van der Waals surface area contributed by atoms with Crippen LogP contribution in [0.2, 0.25) is 0 Å². The van der Waals surface area contributed by atoms with E-state index in [4.69, 9.17) is 5.73 Å². The molecule has 1 atom stereocenters. The first-order valence-electron chi connectivity index (χ1n) is 6.71. The molecule has 0 heterocycles. The quantitative estimate of drug-likeness (QED) is 0.867. The first-order valence-corrected chi connectivity index (χ1v) is 6.71. The molecule has 2 nitrogen and oxygen atoms in total. The number of hydrogen-bond donors (Lipinski definition) is 2. The third-order valence-corrected chi connectivity index (χ3v) is 4.08. The van der Waals surface area contributed by atoms with Crippen LogP contribution in [0.15, 0.2) is 24.3 Å². The number of aliphatic hydroxyl groups is 1. The van der Waals surface area contributed by atoms with Crippen molar-refractivity contribution in [3.8, 4) is 0 Å². The van der Waals surface area contributed by atoms with E-state index in [0.29, 0.717) is 0 Å². The molecule has 1 saturated carbocycles. The largest absolute Gasteiger partial charge is 0.393 e. The zero-order chi connectivity index (χ0) is 13.2. The van der Waals surface area contributed by atoms with Crippen molar-refractivity contribution in [1.29, 1.82) is 0 Å². The average Bonchev–Trinajstić information content (AvgIpc) is 2.33. The molecule has 3 N–H and O–H groups in total. The second kappa shape index (κ2) is 5.37. The van der Waals surface area contributed by atoms with E-state index < -0.39 is 0 Å². The summed E-state index contributed by atoms with van der Waals surface area (Å²) in [5.74, 6) is -0.203. The van der Waals surface area contributed by atoms with Gasteiger partial charge in [0, 0.05) is 6.04 Å². The third kappa shape index (κ3) is 2.90. The van der Waals surface area contributed by atoms with Gasteiger partial charge in [0.05, 0.1) is 6.10 Å². The molecule has 1 unspecified atom stereocenters. The van der Waals surface area contributed by atoms with Gasteiger partial charge < -0.3 is 10.8 Å². The monoisotopic (exact) mass is 251 g/mol. The van der Waals surface area contributed by atoms with Crippen molar-refractivity contribution in [2.24, 2.45) is 5.73 Å². The lowest BCUT2D eigenvalue weighted by Gasteiger charge is -2.40. The van der Waals surface area contributed by atoms with Gasteiger partial charge in [0.2, 0.25) is 0 Å². The predicted molar refractivity (Wildman–Crippen MR) is 70.8 cm³/mol. The van der Waals surface area contributed by atoms with E-state index in [2.05, 4.69) is 0 Å². The maximum atomic E-state index is 13.0. The molecule has 18 heavy (non-hydrogen) atoms. The van der Waals surface area contributed by atoms with Crippen molar-refractivity contribution in [2.45, 2.75) is 56.6 Å². The maximum Gasteiger partial charge on any atom is 0.123 e. The van der Waals surface area contributed by atoms with Crippen LogP contribution in [0.25, 0.3) is 0 Å². The molecule has 3 heteroatoms. The SMILES string of the molecule is CC(N)C[C@]1(c2ccc(F)cc2)CC[C@@H](O)CC1. The summed E-state index contributed by atoms with van der Waals surface area (Å²) >= 11 is 0. The molecule has 100 valence electrons. The summed E-state index contributed by atoms with van der Waals surface area (Å²) in [5, 5.41) is 9.68.